The van der Waals surface area contributed by atoms with Gasteiger partial charge in [0.05, 0.1) is 5.56 Å². The molecule has 1 aliphatic rings. The maximum absolute atomic E-state index is 12.6. The first-order valence-electron chi connectivity index (χ1n) is 6.11. The number of likely N-dealkylation sites (tertiary alicyclic amines) is 1. The van der Waals surface area contributed by atoms with E-state index in [1.165, 1.54) is 17.0 Å². The highest BCUT2D eigenvalue weighted by atomic mass is 19.4. The number of alkyl halides is 3. The summed E-state index contributed by atoms with van der Waals surface area (Å²) in [6, 6.07) is 5.21. The maximum Gasteiger partial charge on any atom is 0.416 e. The Labute approximate surface area is 114 Å². The number of ether oxygens (including phenoxy) is 1. The number of carbonyl (C=O) groups is 1. The quantitative estimate of drug-likeness (QED) is 0.796. The zero-order valence-electron chi connectivity index (χ0n) is 10.7. The average Bonchev–Trinajstić information content (AvgIpc) is 2.34. The molecule has 1 fully saturated rings. The van der Waals surface area contributed by atoms with E-state index in [1.54, 1.807) is 6.07 Å². The maximum atomic E-state index is 12.6. The molecule has 0 atom stereocenters. The predicted octanol–water partition coefficient (Wildman–Crippen LogP) is 3.43. The van der Waals surface area contributed by atoms with E-state index in [9.17, 15) is 18.0 Å². The minimum atomic E-state index is -4.34. The highest BCUT2D eigenvalue weighted by Crippen LogP contribution is 2.33. The number of benzene rings is 1. The molecule has 20 heavy (non-hydrogen) atoms. The van der Waals surface area contributed by atoms with Crippen molar-refractivity contribution in [3.63, 3.8) is 0 Å². The lowest BCUT2D eigenvalue weighted by molar-refractivity contribution is -0.137. The second-order valence-corrected chi connectivity index (χ2v) is 4.59. The number of halogens is 3. The Morgan fingerprint density at radius 1 is 1.45 bits per heavy atom. The smallest absolute Gasteiger partial charge is 0.416 e. The lowest BCUT2D eigenvalue weighted by atomic mass is 9.91. The zero-order chi connectivity index (χ0) is 14.8. The van der Waals surface area contributed by atoms with E-state index in [4.69, 9.17) is 4.74 Å². The summed E-state index contributed by atoms with van der Waals surface area (Å²) in [7, 11) is 0. The molecule has 6 heteroatoms. The highest BCUT2D eigenvalue weighted by Gasteiger charge is 2.35. The molecule has 1 aliphatic heterocycles. The molecule has 0 aromatic heterocycles. The Morgan fingerprint density at radius 2 is 2.15 bits per heavy atom. The summed E-state index contributed by atoms with van der Waals surface area (Å²) in [4.78, 5) is 12.9. The van der Waals surface area contributed by atoms with Crippen molar-refractivity contribution in [1.82, 2.24) is 4.90 Å². The molecule has 0 aliphatic carbocycles. The lowest BCUT2D eigenvalue weighted by Crippen LogP contribution is -2.48. The molecule has 0 radical (unpaired) electrons. The standard InChI is InChI=1S/C14H14F3NO2/c1-2-6-20-13(19)18-8-11(9-18)10-4-3-5-12(7-10)14(15,16)17/h2-5,7,11H,1,6,8-9H2. The van der Waals surface area contributed by atoms with Gasteiger partial charge in [-0.15, -0.1) is 0 Å². The van der Waals surface area contributed by atoms with Crippen molar-refractivity contribution in [3.05, 3.63) is 48.0 Å². The molecule has 1 heterocycles. The monoisotopic (exact) mass is 285 g/mol. The van der Waals surface area contributed by atoms with Gasteiger partial charge in [-0.25, -0.2) is 4.79 Å². The molecule has 0 saturated carbocycles. The van der Waals surface area contributed by atoms with E-state index in [0.717, 1.165) is 12.1 Å². The average molecular weight is 285 g/mol. The van der Waals surface area contributed by atoms with Crippen LogP contribution in [0.4, 0.5) is 18.0 Å². The van der Waals surface area contributed by atoms with Gasteiger partial charge in [0.2, 0.25) is 0 Å². The molecular weight excluding hydrogens is 271 g/mol. The molecule has 108 valence electrons. The molecule has 1 aromatic carbocycles. The molecule has 0 N–H and O–H groups in total. The van der Waals surface area contributed by atoms with Gasteiger partial charge in [0.25, 0.3) is 0 Å². The van der Waals surface area contributed by atoms with Crippen molar-refractivity contribution in [1.29, 1.82) is 0 Å². The van der Waals surface area contributed by atoms with E-state index in [2.05, 4.69) is 6.58 Å². The van der Waals surface area contributed by atoms with Crippen LogP contribution in [0.5, 0.6) is 0 Å². The first-order valence-corrected chi connectivity index (χ1v) is 6.11. The fourth-order valence-electron chi connectivity index (χ4n) is 2.03. The first kappa shape index (κ1) is 14.4. The van der Waals surface area contributed by atoms with Crippen molar-refractivity contribution in [2.24, 2.45) is 0 Å². The molecular formula is C14H14F3NO2. The van der Waals surface area contributed by atoms with Gasteiger partial charge in [0, 0.05) is 19.0 Å². The van der Waals surface area contributed by atoms with Gasteiger partial charge in [-0.3, -0.25) is 0 Å². The van der Waals surface area contributed by atoms with E-state index in [0.29, 0.717) is 18.7 Å². The summed E-state index contributed by atoms with van der Waals surface area (Å²) in [5.41, 5.74) is -0.0738. The third-order valence-electron chi connectivity index (χ3n) is 3.15. The molecule has 3 nitrogen and oxygen atoms in total. The van der Waals surface area contributed by atoms with Crippen molar-refractivity contribution in [3.8, 4) is 0 Å². The third-order valence-corrected chi connectivity index (χ3v) is 3.15. The van der Waals surface area contributed by atoms with Crippen molar-refractivity contribution >= 4 is 6.09 Å². The van der Waals surface area contributed by atoms with Gasteiger partial charge in [-0.1, -0.05) is 30.9 Å². The number of amides is 1. The fraction of sp³-hybridized carbons (Fsp3) is 0.357. The summed E-state index contributed by atoms with van der Waals surface area (Å²) in [5.74, 6) is -0.0754. The third kappa shape index (κ3) is 3.12. The molecule has 1 aromatic rings. The summed E-state index contributed by atoms with van der Waals surface area (Å²) in [6.45, 7) is 4.30. The predicted molar refractivity (Wildman–Crippen MR) is 67.3 cm³/mol. The molecule has 0 bridgehead atoms. The second-order valence-electron chi connectivity index (χ2n) is 4.59. The Hall–Kier alpha value is -1.98. The van der Waals surface area contributed by atoms with Gasteiger partial charge in [0.15, 0.2) is 0 Å². The van der Waals surface area contributed by atoms with Crippen LogP contribution in [0.25, 0.3) is 0 Å². The van der Waals surface area contributed by atoms with Crippen LogP contribution in [0.2, 0.25) is 0 Å². The first-order chi connectivity index (χ1) is 9.41. The van der Waals surface area contributed by atoms with Crippen LogP contribution in [0.1, 0.15) is 17.0 Å². The van der Waals surface area contributed by atoms with Crippen LogP contribution in [-0.2, 0) is 10.9 Å². The normalized spacial score (nSPS) is 15.7. The molecule has 1 amide bonds. The molecule has 0 spiro atoms. The van der Waals surface area contributed by atoms with E-state index in [-0.39, 0.29) is 12.5 Å². The summed E-state index contributed by atoms with van der Waals surface area (Å²) < 4.78 is 42.7. The largest absolute Gasteiger partial charge is 0.445 e. The van der Waals surface area contributed by atoms with Crippen molar-refractivity contribution in [2.75, 3.05) is 19.7 Å². The second kappa shape index (κ2) is 5.56. The summed E-state index contributed by atoms with van der Waals surface area (Å²) in [6.07, 6.45) is -3.35. The zero-order valence-corrected chi connectivity index (χ0v) is 10.7. The van der Waals surface area contributed by atoms with Gasteiger partial charge < -0.3 is 9.64 Å². The Kier molecular flexibility index (Phi) is 4.01. The molecule has 0 unspecified atom stereocenters. The number of carbonyl (C=O) groups excluding carboxylic acids is 1. The summed E-state index contributed by atoms with van der Waals surface area (Å²) >= 11 is 0. The van der Waals surface area contributed by atoms with E-state index < -0.39 is 17.8 Å². The highest BCUT2D eigenvalue weighted by molar-refractivity contribution is 5.69. The lowest BCUT2D eigenvalue weighted by Gasteiger charge is -2.38. The van der Waals surface area contributed by atoms with Gasteiger partial charge >= 0.3 is 12.3 Å². The van der Waals surface area contributed by atoms with Crippen LogP contribution >= 0.6 is 0 Å². The summed E-state index contributed by atoms with van der Waals surface area (Å²) in [5, 5.41) is 0. The van der Waals surface area contributed by atoms with E-state index in [1.807, 2.05) is 0 Å². The van der Waals surface area contributed by atoms with Crippen LogP contribution in [0.3, 0.4) is 0 Å². The van der Waals surface area contributed by atoms with Crippen LogP contribution in [-0.4, -0.2) is 30.7 Å². The number of hydrogen-bond acceptors (Lipinski definition) is 2. The molecule has 1 saturated heterocycles. The Balaban J connectivity index is 1.96. The minimum Gasteiger partial charge on any atom is -0.445 e. The van der Waals surface area contributed by atoms with Crippen molar-refractivity contribution < 1.29 is 22.7 Å². The Morgan fingerprint density at radius 3 is 2.75 bits per heavy atom. The van der Waals surface area contributed by atoms with Crippen LogP contribution in [0.15, 0.2) is 36.9 Å². The molecule has 2 rings (SSSR count). The Bertz CT molecular complexity index is 507. The fourth-order valence-corrected chi connectivity index (χ4v) is 2.03. The van der Waals surface area contributed by atoms with E-state index >= 15 is 0 Å². The van der Waals surface area contributed by atoms with Crippen molar-refractivity contribution in [2.45, 2.75) is 12.1 Å². The van der Waals surface area contributed by atoms with Gasteiger partial charge in [0.1, 0.15) is 6.61 Å². The number of rotatable bonds is 3. The van der Waals surface area contributed by atoms with Crippen LogP contribution in [0, 0.1) is 0 Å². The topological polar surface area (TPSA) is 29.5 Å². The van der Waals surface area contributed by atoms with Gasteiger partial charge in [-0.2, -0.15) is 13.2 Å². The van der Waals surface area contributed by atoms with Crippen LogP contribution < -0.4 is 0 Å². The van der Waals surface area contributed by atoms with Gasteiger partial charge in [-0.05, 0) is 11.6 Å². The SMILES string of the molecule is C=CCOC(=O)N1CC(c2cccc(C(F)(F)F)c2)C1. The minimum absolute atomic E-state index is 0.0754. The number of hydrogen-bond donors (Lipinski definition) is 0. The number of nitrogens with zero attached hydrogens (tertiary/aromatic N) is 1.